The highest BCUT2D eigenvalue weighted by atomic mass is 35.5. The van der Waals surface area contributed by atoms with Crippen LogP contribution >= 0.6 is 23.2 Å². The van der Waals surface area contributed by atoms with Crippen molar-refractivity contribution in [2.24, 2.45) is 5.92 Å². The molecule has 0 saturated carbocycles. The number of nitrogens with one attached hydrogen (secondary N) is 2. The Morgan fingerprint density at radius 2 is 2.13 bits per heavy atom. The summed E-state index contributed by atoms with van der Waals surface area (Å²) in [7, 11) is 0. The van der Waals surface area contributed by atoms with Crippen molar-refractivity contribution in [2.45, 2.75) is 24.9 Å². The molecule has 9 heteroatoms. The van der Waals surface area contributed by atoms with Gasteiger partial charge in [-0.1, -0.05) is 41.9 Å². The largest absolute Gasteiger partial charge is 0.359 e. The van der Waals surface area contributed by atoms with Crippen LogP contribution in [0.15, 0.2) is 59.9 Å². The number of likely N-dealkylation sites (tertiary alicyclic amines) is 1. The van der Waals surface area contributed by atoms with Gasteiger partial charge in [0, 0.05) is 34.2 Å². The SMILES string of the molecule is C=C(Cl)/C=C\C=C(/F)C1C[C@H](CCNC=O)N(C=O)C1C(=O)Nc1cccc(Cl)c1. The molecule has 2 rings (SSSR count). The second-order valence-electron chi connectivity index (χ2n) is 6.71. The summed E-state index contributed by atoms with van der Waals surface area (Å²) in [6.07, 6.45) is 5.71. The minimum absolute atomic E-state index is 0.227. The fourth-order valence-electron chi connectivity index (χ4n) is 3.44. The molecule has 1 aromatic rings. The van der Waals surface area contributed by atoms with Crippen LogP contribution in [0, 0.1) is 5.92 Å². The number of amides is 3. The third kappa shape index (κ3) is 6.43. The minimum Gasteiger partial charge on any atom is -0.359 e. The first kappa shape index (κ1) is 23.6. The van der Waals surface area contributed by atoms with Gasteiger partial charge in [-0.15, -0.1) is 0 Å². The smallest absolute Gasteiger partial charge is 0.247 e. The van der Waals surface area contributed by atoms with Crippen LogP contribution in [0.5, 0.6) is 0 Å². The monoisotopic (exact) mass is 453 g/mol. The molecule has 1 aliphatic rings. The van der Waals surface area contributed by atoms with Gasteiger partial charge in [-0.2, -0.15) is 0 Å². The van der Waals surface area contributed by atoms with Gasteiger partial charge in [0.25, 0.3) is 0 Å². The maximum absolute atomic E-state index is 15.0. The molecule has 1 saturated heterocycles. The van der Waals surface area contributed by atoms with E-state index >= 15 is 0 Å². The van der Waals surface area contributed by atoms with Crippen LogP contribution in [0.3, 0.4) is 0 Å². The van der Waals surface area contributed by atoms with Gasteiger partial charge < -0.3 is 15.5 Å². The lowest BCUT2D eigenvalue weighted by Gasteiger charge is -2.27. The molecule has 2 unspecified atom stereocenters. The van der Waals surface area contributed by atoms with E-state index in [9.17, 15) is 18.8 Å². The second-order valence-corrected chi connectivity index (χ2v) is 7.63. The average Bonchev–Trinajstić information content (AvgIpc) is 3.06. The summed E-state index contributed by atoms with van der Waals surface area (Å²) >= 11 is 11.6. The fourth-order valence-corrected chi connectivity index (χ4v) is 3.70. The van der Waals surface area contributed by atoms with E-state index in [1.54, 1.807) is 24.3 Å². The molecule has 1 heterocycles. The summed E-state index contributed by atoms with van der Waals surface area (Å²) in [5.74, 6) is -1.95. The summed E-state index contributed by atoms with van der Waals surface area (Å²) in [4.78, 5) is 36.6. The van der Waals surface area contributed by atoms with E-state index in [2.05, 4.69) is 17.2 Å². The maximum Gasteiger partial charge on any atom is 0.247 e. The molecule has 0 bridgehead atoms. The molecule has 0 radical (unpaired) electrons. The molecule has 3 amide bonds. The van der Waals surface area contributed by atoms with E-state index in [1.165, 1.54) is 23.1 Å². The van der Waals surface area contributed by atoms with Crippen LogP contribution in [-0.4, -0.2) is 42.3 Å². The molecule has 2 N–H and O–H groups in total. The molecule has 0 spiro atoms. The lowest BCUT2D eigenvalue weighted by Crippen LogP contribution is -2.45. The first-order valence-corrected chi connectivity index (χ1v) is 9.97. The number of hydrogen-bond acceptors (Lipinski definition) is 3. The van der Waals surface area contributed by atoms with Crippen molar-refractivity contribution < 1.29 is 18.8 Å². The molecular weight excluding hydrogens is 432 g/mol. The summed E-state index contributed by atoms with van der Waals surface area (Å²) in [5, 5.41) is 5.87. The fraction of sp³-hybridized carbons (Fsp3) is 0.286. The van der Waals surface area contributed by atoms with Crippen molar-refractivity contribution in [3.05, 3.63) is 65.0 Å². The number of carbonyl (C=O) groups excluding carboxylic acids is 3. The molecule has 3 atom stereocenters. The molecule has 1 aliphatic heterocycles. The first-order chi connectivity index (χ1) is 14.4. The minimum atomic E-state index is -1.06. The van der Waals surface area contributed by atoms with E-state index in [0.29, 0.717) is 36.5 Å². The van der Waals surface area contributed by atoms with Crippen molar-refractivity contribution in [3.63, 3.8) is 0 Å². The Morgan fingerprint density at radius 1 is 1.37 bits per heavy atom. The maximum atomic E-state index is 15.0. The topological polar surface area (TPSA) is 78.5 Å². The highest BCUT2D eigenvalue weighted by Gasteiger charge is 2.46. The van der Waals surface area contributed by atoms with Crippen LogP contribution in [0.1, 0.15) is 12.8 Å². The van der Waals surface area contributed by atoms with Crippen LogP contribution in [0.4, 0.5) is 10.1 Å². The lowest BCUT2D eigenvalue weighted by atomic mass is 9.95. The van der Waals surface area contributed by atoms with Crippen molar-refractivity contribution in [2.75, 3.05) is 11.9 Å². The highest BCUT2D eigenvalue weighted by Crippen LogP contribution is 2.37. The van der Waals surface area contributed by atoms with Crippen molar-refractivity contribution >= 4 is 47.6 Å². The van der Waals surface area contributed by atoms with E-state index in [4.69, 9.17) is 23.2 Å². The number of halogens is 3. The van der Waals surface area contributed by atoms with Crippen molar-refractivity contribution in [3.8, 4) is 0 Å². The molecule has 160 valence electrons. The molecular formula is C21H22Cl2FN3O3. The normalized spacial score (nSPS) is 21.5. The Hall–Kier alpha value is -2.64. The number of carbonyl (C=O) groups is 3. The summed E-state index contributed by atoms with van der Waals surface area (Å²) < 4.78 is 15.0. The van der Waals surface area contributed by atoms with E-state index in [0.717, 1.165) is 0 Å². The van der Waals surface area contributed by atoms with Crippen LogP contribution in [0.25, 0.3) is 0 Å². The van der Waals surface area contributed by atoms with E-state index in [-0.39, 0.29) is 11.5 Å². The number of nitrogens with zero attached hydrogens (tertiary/aromatic N) is 1. The van der Waals surface area contributed by atoms with Gasteiger partial charge in [0.15, 0.2) is 0 Å². The van der Waals surface area contributed by atoms with Gasteiger partial charge in [-0.3, -0.25) is 14.4 Å². The Bertz CT molecular complexity index is 860. The standard InChI is InChI=1S/C21H22Cl2FN3O3/c1-14(22)4-2-7-19(24)18-11-17(8-9-25-12-28)27(13-29)20(18)21(30)26-16-6-3-5-15(23)10-16/h2-7,10,12-13,17-18,20H,1,8-9,11H2,(H,25,28)(H,26,30)/b4-2-,19-7-/t17-,18?,20?/m0/s1. The molecule has 30 heavy (non-hydrogen) atoms. The molecule has 1 fully saturated rings. The van der Waals surface area contributed by atoms with Gasteiger partial charge in [-0.05, 0) is 43.2 Å². The van der Waals surface area contributed by atoms with Gasteiger partial charge in [0.1, 0.15) is 11.9 Å². The van der Waals surface area contributed by atoms with Crippen LogP contribution in [-0.2, 0) is 14.4 Å². The van der Waals surface area contributed by atoms with E-state index < -0.39 is 29.7 Å². The van der Waals surface area contributed by atoms with Crippen LogP contribution in [0.2, 0.25) is 5.02 Å². The Morgan fingerprint density at radius 3 is 2.77 bits per heavy atom. The zero-order valence-electron chi connectivity index (χ0n) is 16.1. The number of anilines is 1. The first-order valence-electron chi connectivity index (χ1n) is 9.21. The Balaban J connectivity index is 2.29. The van der Waals surface area contributed by atoms with Gasteiger partial charge >= 0.3 is 0 Å². The summed E-state index contributed by atoms with van der Waals surface area (Å²) in [6.45, 7) is 3.78. The molecule has 0 aliphatic carbocycles. The third-order valence-electron chi connectivity index (χ3n) is 4.72. The Kier molecular flexibility index (Phi) is 9.08. The van der Waals surface area contributed by atoms with Gasteiger partial charge in [-0.25, -0.2) is 4.39 Å². The molecule has 1 aromatic carbocycles. The number of allylic oxidation sites excluding steroid dienone is 4. The summed E-state index contributed by atoms with van der Waals surface area (Å²) in [5.41, 5.74) is 0.436. The zero-order chi connectivity index (χ0) is 22.1. The third-order valence-corrected chi connectivity index (χ3v) is 5.09. The van der Waals surface area contributed by atoms with Gasteiger partial charge in [0.2, 0.25) is 18.7 Å². The van der Waals surface area contributed by atoms with Gasteiger partial charge in [0.05, 0.1) is 0 Å². The molecule has 6 nitrogen and oxygen atoms in total. The summed E-state index contributed by atoms with van der Waals surface area (Å²) in [6, 6.07) is 5.04. The van der Waals surface area contributed by atoms with E-state index in [1.807, 2.05) is 0 Å². The quantitative estimate of drug-likeness (QED) is 0.321. The predicted molar refractivity (Wildman–Crippen MR) is 116 cm³/mol. The van der Waals surface area contributed by atoms with Crippen molar-refractivity contribution in [1.29, 1.82) is 0 Å². The highest BCUT2D eigenvalue weighted by molar-refractivity contribution is 6.31. The van der Waals surface area contributed by atoms with Crippen LogP contribution < -0.4 is 10.6 Å². The number of benzene rings is 1. The van der Waals surface area contributed by atoms with Crippen molar-refractivity contribution in [1.82, 2.24) is 10.2 Å². The average molecular weight is 454 g/mol. The number of hydrogen-bond donors (Lipinski definition) is 2. The lowest BCUT2D eigenvalue weighted by molar-refractivity contribution is -0.130. The number of rotatable bonds is 10. The Labute approximate surface area is 184 Å². The zero-order valence-corrected chi connectivity index (χ0v) is 17.6. The molecule has 0 aromatic heterocycles. The predicted octanol–water partition coefficient (Wildman–Crippen LogP) is 3.79. The second kappa shape index (κ2) is 11.5.